The zero-order valence-corrected chi connectivity index (χ0v) is 10.3. The van der Waals surface area contributed by atoms with Gasteiger partial charge in [-0.15, -0.1) is 0 Å². The molecule has 2 aliphatic rings. The molecular formula is C11H15FN2O5. The van der Waals surface area contributed by atoms with Crippen LogP contribution in [0.4, 0.5) is 4.39 Å². The van der Waals surface area contributed by atoms with Crippen molar-refractivity contribution >= 4 is 18.0 Å². The van der Waals surface area contributed by atoms with Crippen LogP contribution in [-0.2, 0) is 19.2 Å². The molecule has 0 heterocycles. The van der Waals surface area contributed by atoms with Gasteiger partial charge in [-0.05, 0) is 25.2 Å². The lowest BCUT2D eigenvalue weighted by Crippen LogP contribution is -2.58. The van der Waals surface area contributed by atoms with E-state index in [-0.39, 0.29) is 24.4 Å². The molecule has 0 spiro atoms. The summed E-state index contributed by atoms with van der Waals surface area (Å²) >= 11 is 0. The minimum atomic E-state index is -1.44. The molecule has 0 aromatic heterocycles. The normalized spacial score (nSPS) is 36.1. The molecule has 2 rings (SSSR count). The van der Waals surface area contributed by atoms with Crippen molar-refractivity contribution in [2.75, 3.05) is 0 Å². The topological polar surface area (TPSA) is 127 Å². The molecule has 7 nitrogen and oxygen atoms in total. The van der Waals surface area contributed by atoms with Crippen molar-refractivity contribution in [3.05, 3.63) is 0 Å². The van der Waals surface area contributed by atoms with Gasteiger partial charge in [0.2, 0.25) is 5.91 Å². The van der Waals surface area contributed by atoms with Gasteiger partial charge in [-0.25, -0.2) is 9.18 Å². The van der Waals surface area contributed by atoms with Crippen LogP contribution < -0.4 is 11.1 Å². The fourth-order valence-electron chi connectivity index (χ4n) is 2.57. The van der Waals surface area contributed by atoms with Gasteiger partial charge in [-0.1, -0.05) is 0 Å². The van der Waals surface area contributed by atoms with Gasteiger partial charge < -0.3 is 16.2 Å². The van der Waals surface area contributed by atoms with Crippen LogP contribution in [0.5, 0.6) is 0 Å². The number of carbonyl (C=O) groups excluding carboxylic acids is 3. The Morgan fingerprint density at radius 1 is 1.53 bits per heavy atom. The van der Waals surface area contributed by atoms with Crippen molar-refractivity contribution < 1.29 is 28.7 Å². The standard InChI is InChI=1S/C10H15FN2O3.CO2/c1-4(12)8(14)13-10(9(15)16)3-7(11)5-2-6(5)10;2-1-3/h4-7H,2-3,12H2,1H3,(H,13,14)(H,15,16);/t4-,5-,6+,7+,10-;/m0./s1. The van der Waals surface area contributed by atoms with Crippen LogP contribution in [0.2, 0.25) is 0 Å². The highest BCUT2D eigenvalue weighted by Gasteiger charge is 2.67. The summed E-state index contributed by atoms with van der Waals surface area (Å²) in [6.07, 6.45) is -0.488. The molecule has 0 aliphatic heterocycles. The molecule has 2 aliphatic carbocycles. The second-order valence-electron chi connectivity index (χ2n) is 4.86. The summed E-state index contributed by atoms with van der Waals surface area (Å²) in [5.41, 5.74) is 3.93. The number of hydrogen-bond donors (Lipinski definition) is 3. The Kier molecular flexibility index (Phi) is 4.39. The Morgan fingerprint density at radius 3 is 2.32 bits per heavy atom. The van der Waals surface area contributed by atoms with Crippen LogP contribution in [0.1, 0.15) is 19.8 Å². The molecule has 0 aromatic rings. The van der Waals surface area contributed by atoms with Crippen LogP contribution in [0.25, 0.3) is 0 Å². The van der Waals surface area contributed by atoms with Gasteiger partial charge in [-0.3, -0.25) is 4.79 Å². The maximum atomic E-state index is 13.4. The number of carbonyl (C=O) groups is 2. The number of halogens is 1. The minimum Gasteiger partial charge on any atom is -0.479 e. The molecule has 2 saturated carbocycles. The fraction of sp³-hybridized carbons (Fsp3) is 0.727. The highest BCUT2D eigenvalue weighted by Crippen LogP contribution is 2.58. The smallest absolute Gasteiger partial charge is 0.373 e. The van der Waals surface area contributed by atoms with Crippen LogP contribution in [-0.4, -0.2) is 40.9 Å². The number of aliphatic carboxylic acids is 1. The summed E-state index contributed by atoms with van der Waals surface area (Å²) in [4.78, 5) is 38.9. The lowest BCUT2D eigenvalue weighted by molar-refractivity contribution is -0.191. The van der Waals surface area contributed by atoms with Crippen molar-refractivity contribution in [1.82, 2.24) is 5.32 Å². The Balaban J connectivity index is 0.000000550. The number of nitrogens with two attached hydrogens (primary N) is 1. The molecule has 19 heavy (non-hydrogen) atoms. The first-order valence-corrected chi connectivity index (χ1v) is 5.74. The lowest BCUT2D eigenvalue weighted by Gasteiger charge is -2.28. The summed E-state index contributed by atoms with van der Waals surface area (Å²) in [7, 11) is 0. The van der Waals surface area contributed by atoms with E-state index in [4.69, 9.17) is 15.3 Å². The third-order valence-corrected chi connectivity index (χ3v) is 3.60. The fourth-order valence-corrected chi connectivity index (χ4v) is 2.57. The Morgan fingerprint density at radius 2 is 2.05 bits per heavy atom. The lowest BCUT2D eigenvalue weighted by atomic mass is 9.92. The molecule has 1 amide bonds. The highest BCUT2D eigenvalue weighted by molar-refractivity contribution is 5.90. The molecule has 0 radical (unpaired) electrons. The minimum absolute atomic E-state index is 0.143. The van der Waals surface area contributed by atoms with Gasteiger partial charge >= 0.3 is 12.1 Å². The number of carboxylic acids is 1. The van der Waals surface area contributed by atoms with Gasteiger partial charge in [0, 0.05) is 6.42 Å². The second kappa shape index (κ2) is 5.46. The van der Waals surface area contributed by atoms with E-state index in [0.29, 0.717) is 6.42 Å². The number of fused-ring (bicyclic) bond motifs is 1. The summed E-state index contributed by atoms with van der Waals surface area (Å²) in [6.45, 7) is 1.47. The number of amides is 1. The van der Waals surface area contributed by atoms with Crippen LogP contribution in [0, 0.1) is 11.8 Å². The molecule has 0 unspecified atom stereocenters. The van der Waals surface area contributed by atoms with Crippen molar-refractivity contribution in [1.29, 1.82) is 0 Å². The van der Waals surface area contributed by atoms with E-state index in [1.807, 2.05) is 0 Å². The van der Waals surface area contributed by atoms with Crippen molar-refractivity contribution in [3.63, 3.8) is 0 Å². The van der Waals surface area contributed by atoms with Gasteiger partial charge in [0.15, 0.2) is 0 Å². The van der Waals surface area contributed by atoms with E-state index in [9.17, 15) is 19.1 Å². The molecule has 8 heteroatoms. The summed E-state index contributed by atoms with van der Waals surface area (Å²) in [5.74, 6) is -2.18. The van der Waals surface area contributed by atoms with Gasteiger partial charge in [-0.2, -0.15) is 9.59 Å². The Labute approximate surface area is 108 Å². The zero-order valence-electron chi connectivity index (χ0n) is 10.3. The predicted molar refractivity (Wildman–Crippen MR) is 58.3 cm³/mol. The van der Waals surface area contributed by atoms with Crippen LogP contribution in [0.3, 0.4) is 0 Å². The molecule has 106 valence electrons. The average Bonchev–Trinajstić information content (AvgIpc) is 3.03. The van der Waals surface area contributed by atoms with E-state index < -0.39 is 29.6 Å². The molecular weight excluding hydrogens is 259 g/mol. The summed E-state index contributed by atoms with van der Waals surface area (Å²) in [5, 5.41) is 11.6. The van der Waals surface area contributed by atoms with Gasteiger partial charge in [0.25, 0.3) is 0 Å². The van der Waals surface area contributed by atoms with E-state index in [1.165, 1.54) is 6.92 Å². The van der Waals surface area contributed by atoms with Gasteiger partial charge in [0.05, 0.1) is 6.04 Å². The SMILES string of the molecule is C[C@H](N)C(=O)N[C@@]1(C(=O)O)C[C@@H](F)[C@H]2C[C@H]21.O=C=O. The second-order valence-corrected chi connectivity index (χ2v) is 4.86. The molecule has 0 aromatic carbocycles. The van der Waals surface area contributed by atoms with Crippen molar-refractivity contribution in [2.45, 2.75) is 37.5 Å². The van der Waals surface area contributed by atoms with Crippen LogP contribution >= 0.6 is 0 Å². The van der Waals surface area contributed by atoms with E-state index in [0.717, 1.165) is 0 Å². The maximum absolute atomic E-state index is 13.4. The zero-order chi connectivity index (χ0) is 14.8. The third-order valence-electron chi connectivity index (χ3n) is 3.60. The number of nitrogens with one attached hydrogen (secondary N) is 1. The predicted octanol–water partition coefficient (Wildman–Crippen LogP) is -0.932. The average molecular weight is 274 g/mol. The first kappa shape index (κ1) is 15.3. The Bertz CT molecular complexity index is 421. The Hall–Kier alpha value is -1.79. The van der Waals surface area contributed by atoms with Crippen molar-refractivity contribution in [3.8, 4) is 0 Å². The number of rotatable bonds is 3. The quantitative estimate of drug-likeness (QED) is 0.610. The number of carboxylic acid groups (broad SMARTS) is 1. The van der Waals surface area contributed by atoms with Crippen LogP contribution in [0.15, 0.2) is 0 Å². The first-order valence-electron chi connectivity index (χ1n) is 5.74. The molecule has 0 bridgehead atoms. The van der Waals surface area contributed by atoms with Gasteiger partial charge in [0.1, 0.15) is 11.7 Å². The molecule has 0 saturated heterocycles. The van der Waals surface area contributed by atoms with E-state index in [2.05, 4.69) is 5.32 Å². The van der Waals surface area contributed by atoms with E-state index in [1.54, 1.807) is 0 Å². The number of hydrogen-bond acceptors (Lipinski definition) is 5. The summed E-state index contributed by atoms with van der Waals surface area (Å²) in [6, 6.07) is -0.785. The molecule has 2 fully saturated rings. The maximum Gasteiger partial charge on any atom is 0.373 e. The number of alkyl halides is 1. The molecule has 5 atom stereocenters. The van der Waals surface area contributed by atoms with Crippen molar-refractivity contribution in [2.24, 2.45) is 17.6 Å². The highest BCUT2D eigenvalue weighted by atomic mass is 19.1. The largest absolute Gasteiger partial charge is 0.479 e. The van der Waals surface area contributed by atoms with E-state index >= 15 is 0 Å². The first-order chi connectivity index (χ1) is 8.80. The molecule has 4 N–H and O–H groups in total. The monoisotopic (exact) mass is 274 g/mol. The summed E-state index contributed by atoms with van der Waals surface area (Å²) < 4.78 is 13.4. The third kappa shape index (κ3) is 2.80.